The fraction of sp³-hybridized carbons (Fsp3) is 0.625. The van der Waals surface area contributed by atoms with E-state index in [0.717, 1.165) is 12.8 Å². The van der Waals surface area contributed by atoms with E-state index in [1.807, 2.05) is 0 Å². The molecule has 1 saturated carbocycles. The lowest BCUT2D eigenvalue weighted by molar-refractivity contribution is -0.120. The lowest BCUT2D eigenvalue weighted by Gasteiger charge is -2.41. The Hall–Kier alpha value is -0.0600. The summed E-state index contributed by atoms with van der Waals surface area (Å²) in [5.41, 5.74) is 1.31. The van der Waals surface area contributed by atoms with E-state index < -0.39 is 0 Å². The van der Waals surface area contributed by atoms with Gasteiger partial charge in [-0.15, -0.1) is 0 Å². The minimum absolute atomic E-state index is 0.0347. The van der Waals surface area contributed by atoms with Gasteiger partial charge in [-0.1, -0.05) is 22.6 Å². The van der Waals surface area contributed by atoms with Crippen LogP contribution in [0.3, 0.4) is 0 Å². The summed E-state index contributed by atoms with van der Waals surface area (Å²) < 4.78 is 2.07. The van der Waals surface area contributed by atoms with E-state index in [1.54, 1.807) is 6.92 Å². The Morgan fingerprint density at radius 1 is 1.82 bits per heavy atom. The van der Waals surface area contributed by atoms with Crippen molar-refractivity contribution in [3.8, 4) is 0 Å². The van der Waals surface area contributed by atoms with Crippen LogP contribution in [0.2, 0.25) is 0 Å². The predicted molar refractivity (Wildman–Crippen MR) is 53.6 cm³/mol. The van der Waals surface area contributed by atoms with Crippen LogP contribution in [0.25, 0.3) is 0 Å². The first-order valence-corrected chi connectivity index (χ1v) is 4.91. The minimum atomic E-state index is -0.0347. The third-order valence-corrected chi connectivity index (χ3v) is 2.94. The Labute approximate surface area is 80.6 Å². The van der Waals surface area contributed by atoms with Crippen molar-refractivity contribution < 1.29 is 4.79 Å². The van der Waals surface area contributed by atoms with E-state index >= 15 is 0 Å². The highest BCUT2D eigenvalue weighted by molar-refractivity contribution is 14.1. The van der Waals surface area contributed by atoms with Crippen LogP contribution in [-0.4, -0.2) is 11.4 Å². The van der Waals surface area contributed by atoms with E-state index in [1.165, 1.54) is 5.57 Å². The molecule has 1 amide bonds. The third kappa shape index (κ3) is 1.75. The van der Waals surface area contributed by atoms with Gasteiger partial charge in [0.15, 0.2) is 0 Å². The number of carbonyl (C=O) groups excluding carboxylic acids is 1. The molecule has 0 spiro atoms. The lowest BCUT2D eigenvalue weighted by atomic mass is 9.74. The zero-order chi connectivity index (χ0) is 8.48. The molecule has 3 heteroatoms. The SMILES string of the molecule is CC(=O)NC1(C)CCC1=CI. The Bertz CT molecular complexity index is 212. The molecule has 1 rings (SSSR count). The summed E-state index contributed by atoms with van der Waals surface area (Å²) in [5.74, 6) is 0.0583. The average molecular weight is 265 g/mol. The molecule has 62 valence electrons. The molecule has 11 heavy (non-hydrogen) atoms. The molecule has 0 saturated heterocycles. The second-order valence-corrected chi connectivity index (χ2v) is 3.77. The Morgan fingerprint density at radius 3 is 2.73 bits per heavy atom. The number of hydrogen-bond donors (Lipinski definition) is 1. The van der Waals surface area contributed by atoms with Gasteiger partial charge in [0, 0.05) is 6.92 Å². The third-order valence-electron chi connectivity index (χ3n) is 2.19. The molecule has 2 nitrogen and oxygen atoms in total. The molecule has 1 aliphatic carbocycles. The highest BCUT2D eigenvalue weighted by atomic mass is 127. The summed E-state index contributed by atoms with van der Waals surface area (Å²) in [5, 5.41) is 2.94. The van der Waals surface area contributed by atoms with Crippen LogP contribution in [-0.2, 0) is 4.79 Å². The summed E-state index contributed by atoms with van der Waals surface area (Å²) >= 11 is 2.22. The molecule has 0 aromatic carbocycles. The molecule has 1 fully saturated rings. The van der Waals surface area contributed by atoms with Gasteiger partial charge in [-0.2, -0.15) is 0 Å². The van der Waals surface area contributed by atoms with Crippen molar-refractivity contribution in [1.29, 1.82) is 0 Å². The molecule has 0 bridgehead atoms. The molecule has 0 radical (unpaired) electrons. The van der Waals surface area contributed by atoms with Crippen LogP contribution in [0.5, 0.6) is 0 Å². The number of amides is 1. The Balaban J connectivity index is 2.61. The maximum atomic E-state index is 10.8. The molecule has 1 atom stereocenters. The van der Waals surface area contributed by atoms with Gasteiger partial charge in [0.25, 0.3) is 0 Å². The van der Waals surface area contributed by atoms with Gasteiger partial charge in [0.2, 0.25) is 5.91 Å². The first-order chi connectivity index (χ1) is 5.08. The summed E-state index contributed by atoms with van der Waals surface area (Å²) in [7, 11) is 0. The second kappa shape index (κ2) is 3.13. The van der Waals surface area contributed by atoms with Crippen LogP contribution in [0.1, 0.15) is 26.7 Å². The van der Waals surface area contributed by atoms with Crippen molar-refractivity contribution in [1.82, 2.24) is 5.32 Å². The largest absolute Gasteiger partial charge is 0.347 e. The maximum Gasteiger partial charge on any atom is 0.217 e. The Morgan fingerprint density at radius 2 is 2.45 bits per heavy atom. The van der Waals surface area contributed by atoms with Crippen LogP contribution in [0.4, 0.5) is 0 Å². The predicted octanol–water partition coefficient (Wildman–Crippen LogP) is 1.99. The van der Waals surface area contributed by atoms with Crippen molar-refractivity contribution in [2.75, 3.05) is 0 Å². The van der Waals surface area contributed by atoms with Gasteiger partial charge < -0.3 is 5.32 Å². The van der Waals surface area contributed by atoms with E-state index in [4.69, 9.17) is 0 Å². The first kappa shape index (κ1) is 9.03. The van der Waals surface area contributed by atoms with Gasteiger partial charge in [-0.3, -0.25) is 4.79 Å². The smallest absolute Gasteiger partial charge is 0.217 e. The van der Waals surface area contributed by atoms with Crippen molar-refractivity contribution in [2.45, 2.75) is 32.2 Å². The number of nitrogens with one attached hydrogen (secondary N) is 1. The van der Waals surface area contributed by atoms with Crippen LogP contribution < -0.4 is 5.32 Å². The quantitative estimate of drug-likeness (QED) is 0.722. The topological polar surface area (TPSA) is 29.1 Å². The fourth-order valence-electron chi connectivity index (χ4n) is 1.35. The number of carbonyl (C=O) groups is 1. The summed E-state index contributed by atoms with van der Waals surface area (Å²) in [6.45, 7) is 3.64. The van der Waals surface area contributed by atoms with Gasteiger partial charge in [0.1, 0.15) is 0 Å². The normalized spacial score (nSPS) is 33.2. The highest BCUT2D eigenvalue weighted by Gasteiger charge is 2.37. The monoisotopic (exact) mass is 265 g/mol. The highest BCUT2D eigenvalue weighted by Crippen LogP contribution is 2.38. The molecule has 1 aliphatic rings. The van der Waals surface area contributed by atoms with E-state index in [9.17, 15) is 4.79 Å². The zero-order valence-electron chi connectivity index (χ0n) is 6.78. The van der Waals surface area contributed by atoms with Crippen LogP contribution in [0, 0.1) is 0 Å². The first-order valence-electron chi connectivity index (χ1n) is 3.67. The van der Waals surface area contributed by atoms with Crippen LogP contribution >= 0.6 is 22.6 Å². The minimum Gasteiger partial charge on any atom is -0.347 e. The molecular weight excluding hydrogens is 253 g/mol. The maximum absolute atomic E-state index is 10.8. The summed E-state index contributed by atoms with van der Waals surface area (Å²) in [6.07, 6.45) is 2.20. The second-order valence-electron chi connectivity index (χ2n) is 3.15. The molecule has 1 unspecified atom stereocenters. The van der Waals surface area contributed by atoms with Gasteiger partial charge in [-0.05, 0) is 29.4 Å². The number of hydrogen-bond acceptors (Lipinski definition) is 1. The van der Waals surface area contributed by atoms with E-state index in [0.29, 0.717) is 0 Å². The zero-order valence-corrected chi connectivity index (χ0v) is 8.94. The average Bonchev–Trinajstić information content (AvgIpc) is 1.85. The van der Waals surface area contributed by atoms with E-state index in [2.05, 4.69) is 38.9 Å². The van der Waals surface area contributed by atoms with Crippen molar-refractivity contribution >= 4 is 28.5 Å². The molecular formula is C8H12INO. The standard InChI is InChI=1S/C8H12INO/c1-6(11)10-8(2)4-3-7(8)5-9/h5H,3-4H2,1-2H3,(H,10,11). The Kier molecular flexibility index (Phi) is 2.57. The molecule has 0 aromatic heterocycles. The molecule has 0 aromatic rings. The van der Waals surface area contributed by atoms with Crippen molar-refractivity contribution in [3.05, 3.63) is 9.66 Å². The summed E-state index contributed by atoms with van der Waals surface area (Å²) in [4.78, 5) is 10.8. The number of halogens is 1. The fourth-order valence-corrected chi connectivity index (χ4v) is 2.35. The summed E-state index contributed by atoms with van der Waals surface area (Å²) in [6, 6.07) is 0. The molecule has 0 heterocycles. The van der Waals surface area contributed by atoms with Crippen LogP contribution in [0.15, 0.2) is 9.66 Å². The lowest BCUT2D eigenvalue weighted by Crippen LogP contribution is -2.52. The molecule has 1 N–H and O–H groups in total. The molecule has 0 aliphatic heterocycles. The van der Waals surface area contributed by atoms with Crippen molar-refractivity contribution in [2.24, 2.45) is 0 Å². The van der Waals surface area contributed by atoms with Crippen molar-refractivity contribution in [3.63, 3.8) is 0 Å². The number of rotatable bonds is 1. The van der Waals surface area contributed by atoms with Gasteiger partial charge in [0.05, 0.1) is 5.54 Å². The van der Waals surface area contributed by atoms with Gasteiger partial charge >= 0.3 is 0 Å². The van der Waals surface area contributed by atoms with E-state index in [-0.39, 0.29) is 11.4 Å². The van der Waals surface area contributed by atoms with Gasteiger partial charge in [-0.25, -0.2) is 0 Å².